The summed E-state index contributed by atoms with van der Waals surface area (Å²) in [5.74, 6) is 0. The second kappa shape index (κ2) is 5.02. The minimum absolute atomic E-state index is 0.639. The van der Waals surface area contributed by atoms with Gasteiger partial charge < -0.3 is 14.8 Å². The summed E-state index contributed by atoms with van der Waals surface area (Å²) in [5, 5.41) is 19.9. The molecule has 0 aliphatic heterocycles. The van der Waals surface area contributed by atoms with Crippen molar-refractivity contribution in [2.24, 2.45) is 0 Å². The molecule has 0 amide bonds. The zero-order valence-corrected chi connectivity index (χ0v) is 11.5. The van der Waals surface area contributed by atoms with Crippen LogP contribution >= 0.6 is 12.6 Å². The Balaban J connectivity index is 2.79. The van der Waals surface area contributed by atoms with E-state index >= 15 is 0 Å². The fraction of sp³-hybridized carbons (Fsp3) is 0.500. The molecule has 0 unspecified atom stereocenters. The largest absolute Gasteiger partial charge is 0.491 e. The number of thiol groups is 1. The quantitative estimate of drug-likeness (QED) is 0.559. The van der Waals surface area contributed by atoms with Gasteiger partial charge in [0, 0.05) is 4.90 Å². The van der Waals surface area contributed by atoms with Crippen LogP contribution in [0, 0.1) is 0 Å². The molecule has 0 aromatic heterocycles. The van der Waals surface area contributed by atoms with E-state index in [2.05, 4.69) is 12.6 Å². The summed E-state index contributed by atoms with van der Waals surface area (Å²) in [7, 11) is -1.06. The van der Waals surface area contributed by atoms with E-state index in [-0.39, 0.29) is 0 Å². The molecule has 94 valence electrons. The van der Waals surface area contributed by atoms with Gasteiger partial charge in [0.15, 0.2) is 0 Å². The lowest BCUT2D eigenvalue weighted by atomic mass is 9.76. The molecule has 17 heavy (non-hydrogen) atoms. The predicted molar refractivity (Wildman–Crippen MR) is 72.8 cm³/mol. The first kappa shape index (κ1) is 14.6. The van der Waals surface area contributed by atoms with Crippen molar-refractivity contribution in [2.45, 2.75) is 43.8 Å². The zero-order chi connectivity index (χ0) is 13.3. The lowest BCUT2D eigenvalue weighted by molar-refractivity contribution is -0.0982. The molecule has 3 nitrogen and oxygen atoms in total. The van der Waals surface area contributed by atoms with Gasteiger partial charge in [-0.25, -0.2) is 0 Å². The molecule has 0 aliphatic rings. The van der Waals surface area contributed by atoms with Crippen molar-refractivity contribution in [3.63, 3.8) is 0 Å². The minimum Gasteiger partial charge on any atom is -0.423 e. The number of benzene rings is 1. The summed E-state index contributed by atoms with van der Waals surface area (Å²) >= 11 is 4.17. The SMILES string of the molecule is CC(C)(O)C(C)(C)OB(O)c1ccc(S)cc1. The van der Waals surface area contributed by atoms with Gasteiger partial charge in [-0.15, -0.1) is 12.6 Å². The number of rotatable bonds is 4. The summed E-state index contributed by atoms with van der Waals surface area (Å²) in [6, 6.07) is 7.05. The molecule has 1 aromatic carbocycles. The lowest BCUT2D eigenvalue weighted by Gasteiger charge is -2.38. The molecule has 2 N–H and O–H groups in total. The smallest absolute Gasteiger partial charge is 0.423 e. The van der Waals surface area contributed by atoms with Crippen LogP contribution in [0.15, 0.2) is 29.2 Å². The Kier molecular flexibility index (Phi) is 4.30. The Labute approximate surface area is 108 Å². The number of hydrogen-bond acceptors (Lipinski definition) is 4. The van der Waals surface area contributed by atoms with Crippen molar-refractivity contribution in [2.75, 3.05) is 0 Å². The van der Waals surface area contributed by atoms with Gasteiger partial charge in [0.05, 0.1) is 11.2 Å². The maximum Gasteiger partial charge on any atom is 0.491 e. The fourth-order valence-electron chi connectivity index (χ4n) is 1.13. The average molecular weight is 254 g/mol. The van der Waals surface area contributed by atoms with Crippen molar-refractivity contribution < 1.29 is 14.8 Å². The fourth-order valence-corrected chi connectivity index (χ4v) is 1.28. The summed E-state index contributed by atoms with van der Waals surface area (Å²) in [4.78, 5) is 0.822. The van der Waals surface area contributed by atoms with E-state index in [0.29, 0.717) is 5.46 Å². The standard InChI is InChI=1S/C12H19BO3S/c1-11(2,14)12(3,4)16-13(15)9-5-7-10(17)8-6-9/h5-8,14-15,17H,1-4H3. The molecule has 0 atom stereocenters. The molecule has 0 saturated heterocycles. The van der Waals surface area contributed by atoms with Crippen molar-refractivity contribution in [1.82, 2.24) is 0 Å². The highest BCUT2D eigenvalue weighted by Crippen LogP contribution is 2.25. The van der Waals surface area contributed by atoms with E-state index in [1.54, 1.807) is 52.0 Å². The minimum atomic E-state index is -1.06. The van der Waals surface area contributed by atoms with Crippen LogP contribution in [0.3, 0.4) is 0 Å². The Morgan fingerprint density at radius 1 is 1.12 bits per heavy atom. The van der Waals surface area contributed by atoms with Crippen LogP contribution in [-0.4, -0.2) is 28.5 Å². The summed E-state index contributed by atoms with van der Waals surface area (Å²) in [6.07, 6.45) is 0. The van der Waals surface area contributed by atoms with Crippen LogP contribution in [0.5, 0.6) is 0 Å². The maximum absolute atomic E-state index is 9.95. The maximum atomic E-state index is 9.95. The van der Waals surface area contributed by atoms with Crippen molar-refractivity contribution in [3.05, 3.63) is 24.3 Å². The molecule has 0 fully saturated rings. The monoisotopic (exact) mass is 254 g/mol. The van der Waals surface area contributed by atoms with Crippen LogP contribution in [0.25, 0.3) is 0 Å². The molecule has 0 bridgehead atoms. The Hall–Kier alpha value is -0.485. The normalized spacial score (nSPS) is 12.6. The molecule has 0 radical (unpaired) electrons. The van der Waals surface area contributed by atoms with E-state index in [1.807, 2.05) is 0 Å². The first-order chi connectivity index (χ1) is 7.63. The van der Waals surface area contributed by atoms with Gasteiger partial charge in [0.2, 0.25) is 0 Å². The van der Waals surface area contributed by atoms with Gasteiger partial charge in [-0.2, -0.15) is 0 Å². The lowest BCUT2D eigenvalue weighted by Crippen LogP contribution is -2.53. The zero-order valence-electron chi connectivity index (χ0n) is 10.6. The molecular formula is C12H19BO3S. The van der Waals surface area contributed by atoms with E-state index in [1.165, 1.54) is 0 Å². The molecule has 0 heterocycles. The second-order valence-corrected chi connectivity index (χ2v) is 5.65. The van der Waals surface area contributed by atoms with E-state index < -0.39 is 18.3 Å². The third-order valence-corrected chi connectivity index (χ3v) is 3.36. The molecule has 1 rings (SSSR count). The van der Waals surface area contributed by atoms with Crippen molar-refractivity contribution >= 4 is 25.2 Å². The van der Waals surface area contributed by atoms with Gasteiger partial charge in [-0.3, -0.25) is 0 Å². The molecular weight excluding hydrogens is 235 g/mol. The second-order valence-electron chi connectivity index (χ2n) is 5.13. The van der Waals surface area contributed by atoms with Crippen LogP contribution in [-0.2, 0) is 4.65 Å². The highest BCUT2D eigenvalue weighted by atomic mass is 32.1. The van der Waals surface area contributed by atoms with Crippen LogP contribution < -0.4 is 5.46 Å². The Bertz CT molecular complexity index is 370. The first-order valence-corrected chi connectivity index (χ1v) is 5.95. The number of hydrogen-bond donors (Lipinski definition) is 3. The van der Waals surface area contributed by atoms with Gasteiger partial charge >= 0.3 is 7.12 Å². The Morgan fingerprint density at radius 3 is 2.00 bits per heavy atom. The molecule has 1 aromatic rings. The van der Waals surface area contributed by atoms with Gasteiger partial charge in [-0.05, 0) is 45.3 Å². The molecule has 5 heteroatoms. The van der Waals surface area contributed by atoms with Crippen LogP contribution in [0.4, 0.5) is 0 Å². The van der Waals surface area contributed by atoms with Crippen molar-refractivity contribution in [3.8, 4) is 0 Å². The summed E-state index contributed by atoms with van der Waals surface area (Å²) in [5.41, 5.74) is -1.26. The molecule has 0 aliphatic carbocycles. The third-order valence-electron chi connectivity index (χ3n) is 3.06. The first-order valence-electron chi connectivity index (χ1n) is 5.51. The van der Waals surface area contributed by atoms with Gasteiger partial charge in [0.25, 0.3) is 0 Å². The van der Waals surface area contributed by atoms with Crippen LogP contribution in [0.2, 0.25) is 0 Å². The molecule has 0 spiro atoms. The van der Waals surface area contributed by atoms with E-state index in [9.17, 15) is 10.1 Å². The summed E-state index contributed by atoms with van der Waals surface area (Å²) < 4.78 is 5.51. The van der Waals surface area contributed by atoms with E-state index in [4.69, 9.17) is 4.65 Å². The topological polar surface area (TPSA) is 49.7 Å². The van der Waals surface area contributed by atoms with Gasteiger partial charge in [-0.1, -0.05) is 12.1 Å². The van der Waals surface area contributed by atoms with Crippen LogP contribution in [0.1, 0.15) is 27.7 Å². The predicted octanol–water partition coefficient (Wildman–Crippen LogP) is 1.23. The highest BCUT2D eigenvalue weighted by Gasteiger charge is 2.39. The third kappa shape index (κ3) is 3.74. The van der Waals surface area contributed by atoms with E-state index in [0.717, 1.165) is 4.90 Å². The van der Waals surface area contributed by atoms with Gasteiger partial charge in [0.1, 0.15) is 0 Å². The highest BCUT2D eigenvalue weighted by molar-refractivity contribution is 7.80. The number of aliphatic hydroxyl groups is 1. The Morgan fingerprint density at radius 2 is 1.59 bits per heavy atom. The summed E-state index contributed by atoms with van der Waals surface area (Å²) in [6.45, 7) is 6.78. The van der Waals surface area contributed by atoms with Crippen molar-refractivity contribution in [1.29, 1.82) is 0 Å². The molecule has 0 saturated carbocycles. The average Bonchev–Trinajstić information content (AvgIpc) is 2.16.